The summed E-state index contributed by atoms with van der Waals surface area (Å²) in [5.41, 5.74) is 2.54. The van der Waals surface area contributed by atoms with Crippen LogP contribution in [-0.2, 0) is 9.59 Å². The monoisotopic (exact) mass is 429 g/mol. The maximum atomic E-state index is 13.1. The van der Waals surface area contributed by atoms with Crippen molar-refractivity contribution in [1.82, 2.24) is 5.43 Å². The Balaban J connectivity index is 1.60. The first-order valence-electron chi connectivity index (χ1n) is 8.38. The fourth-order valence-electron chi connectivity index (χ4n) is 2.20. The van der Waals surface area contributed by atoms with Crippen LogP contribution in [0.15, 0.2) is 70.4 Å². The van der Waals surface area contributed by atoms with Crippen molar-refractivity contribution >= 4 is 41.3 Å². The predicted octanol–water partition coefficient (Wildman–Crippen LogP) is 3.38. The molecule has 0 aliphatic carbocycles. The van der Waals surface area contributed by atoms with Crippen LogP contribution in [0.1, 0.15) is 16.1 Å². The number of furan rings is 1. The molecule has 0 aliphatic heterocycles. The average Bonchev–Trinajstić information content (AvgIpc) is 3.27. The van der Waals surface area contributed by atoms with E-state index in [4.69, 9.17) is 20.8 Å². The third-order valence-corrected chi connectivity index (χ3v) is 3.89. The highest BCUT2D eigenvalue weighted by Gasteiger charge is 2.15. The SMILES string of the molecule is O=C(NN=Cc1ccccc1OC(=O)c1ccco1)C(=O)Nc1ccc(F)c(Cl)c1. The lowest BCUT2D eigenvalue weighted by molar-refractivity contribution is -0.136. The Morgan fingerprint density at radius 1 is 1.07 bits per heavy atom. The third kappa shape index (κ3) is 5.30. The van der Waals surface area contributed by atoms with Crippen molar-refractivity contribution in [2.75, 3.05) is 5.32 Å². The number of para-hydroxylation sites is 1. The molecule has 0 saturated carbocycles. The number of esters is 1. The number of rotatable bonds is 5. The number of benzene rings is 2. The molecule has 30 heavy (non-hydrogen) atoms. The summed E-state index contributed by atoms with van der Waals surface area (Å²) in [6, 6.07) is 12.9. The second kappa shape index (κ2) is 9.48. The van der Waals surface area contributed by atoms with Crippen molar-refractivity contribution in [2.45, 2.75) is 0 Å². The van der Waals surface area contributed by atoms with Crippen molar-refractivity contribution in [3.63, 3.8) is 0 Å². The van der Waals surface area contributed by atoms with E-state index in [2.05, 4.69) is 10.4 Å². The number of nitrogens with zero attached hydrogens (tertiary/aromatic N) is 1. The number of hydrazone groups is 1. The lowest BCUT2D eigenvalue weighted by atomic mass is 10.2. The normalized spacial score (nSPS) is 10.6. The zero-order valence-electron chi connectivity index (χ0n) is 15.1. The van der Waals surface area contributed by atoms with E-state index in [1.807, 2.05) is 5.43 Å². The highest BCUT2D eigenvalue weighted by Crippen LogP contribution is 2.19. The molecule has 8 nitrogen and oxygen atoms in total. The molecule has 1 heterocycles. The van der Waals surface area contributed by atoms with E-state index in [0.717, 1.165) is 12.1 Å². The molecule has 3 rings (SSSR count). The first-order valence-corrected chi connectivity index (χ1v) is 8.76. The van der Waals surface area contributed by atoms with E-state index in [1.165, 1.54) is 30.7 Å². The Hall–Kier alpha value is -3.98. The summed E-state index contributed by atoms with van der Waals surface area (Å²) >= 11 is 5.62. The Bertz CT molecular complexity index is 1120. The summed E-state index contributed by atoms with van der Waals surface area (Å²) in [5, 5.41) is 5.73. The van der Waals surface area contributed by atoms with Crippen LogP contribution < -0.4 is 15.5 Å². The highest BCUT2D eigenvalue weighted by molar-refractivity contribution is 6.39. The molecule has 10 heteroatoms. The van der Waals surface area contributed by atoms with E-state index >= 15 is 0 Å². The molecule has 0 saturated heterocycles. The largest absolute Gasteiger partial charge is 0.457 e. The number of carbonyl (C=O) groups excluding carboxylic acids is 3. The first kappa shape index (κ1) is 20.7. The molecule has 0 bridgehead atoms. The number of ether oxygens (including phenoxy) is 1. The molecule has 1 aromatic heterocycles. The smallest absolute Gasteiger partial charge is 0.379 e. The van der Waals surface area contributed by atoms with Gasteiger partial charge < -0.3 is 14.5 Å². The molecular formula is C20H13ClFN3O5. The standard InChI is InChI=1S/C20H13ClFN3O5/c21-14-10-13(7-8-15(14)22)24-18(26)19(27)25-23-11-12-4-1-2-5-16(12)30-20(28)17-6-3-9-29-17/h1-11H,(H,24,26)(H,25,27). The zero-order valence-corrected chi connectivity index (χ0v) is 15.9. The minimum Gasteiger partial charge on any atom is -0.457 e. The van der Waals surface area contributed by atoms with Gasteiger partial charge in [-0.3, -0.25) is 9.59 Å². The van der Waals surface area contributed by atoms with Crippen LogP contribution in [-0.4, -0.2) is 24.0 Å². The third-order valence-electron chi connectivity index (χ3n) is 3.60. The fourth-order valence-corrected chi connectivity index (χ4v) is 2.38. The minimum atomic E-state index is -1.07. The second-order valence-corrected chi connectivity index (χ2v) is 6.09. The van der Waals surface area contributed by atoms with Crippen molar-refractivity contribution in [2.24, 2.45) is 5.10 Å². The maximum Gasteiger partial charge on any atom is 0.379 e. The van der Waals surface area contributed by atoms with E-state index in [-0.39, 0.29) is 22.2 Å². The van der Waals surface area contributed by atoms with Crippen LogP contribution in [0.3, 0.4) is 0 Å². The Morgan fingerprint density at radius 2 is 1.87 bits per heavy atom. The summed E-state index contributed by atoms with van der Waals surface area (Å²) < 4.78 is 23.3. The van der Waals surface area contributed by atoms with Crippen LogP contribution in [0.5, 0.6) is 5.75 Å². The topological polar surface area (TPSA) is 110 Å². The van der Waals surface area contributed by atoms with Gasteiger partial charge in [0.2, 0.25) is 5.76 Å². The molecule has 0 fully saturated rings. The Labute approximate surface area is 174 Å². The lowest BCUT2D eigenvalue weighted by Gasteiger charge is -2.06. The van der Waals surface area contributed by atoms with Gasteiger partial charge in [-0.2, -0.15) is 5.10 Å². The van der Waals surface area contributed by atoms with Crippen molar-refractivity contribution < 1.29 is 27.9 Å². The fraction of sp³-hybridized carbons (Fsp3) is 0. The van der Waals surface area contributed by atoms with Gasteiger partial charge in [-0.1, -0.05) is 23.7 Å². The molecule has 0 radical (unpaired) electrons. The van der Waals surface area contributed by atoms with Gasteiger partial charge in [0, 0.05) is 11.3 Å². The van der Waals surface area contributed by atoms with Crippen molar-refractivity contribution in [1.29, 1.82) is 0 Å². The van der Waals surface area contributed by atoms with Crippen molar-refractivity contribution in [3.05, 3.63) is 83.0 Å². The summed E-state index contributed by atoms with van der Waals surface area (Å²) in [7, 11) is 0. The Kier molecular flexibility index (Phi) is 6.56. The van der Waals surface area contributed by atoms with Crippen LogP contribution in [0.25, 0.3) is 0 Å². The molecule has 0 aliphatic rings. The molecular weight excluding hydrogens is 417 g/mol. The number of amides is 2. The van der Waals surface area contributed by atoms with Gasteiger partial charge in [-0.25, -0.2) is 14.6 Å². The molecule has 2 amide bonds. The second-order valence-electron chi connectivity index (χ2n) is 5.69. The first-order chi connectivity index (χ1) is 14.4. The van der Waals surface area contributed by atoms with E-state index in [9.17, 15) is 18.8 Å². The molecule has 152 valence electrons. The number of hydrogen-bond acceptors (Lipinski definition) is 6. The van der Waals surface area contributed by atoms with Gasteiger partial charge in [-0.05, 0) is 42.5 Å². The highest BCUT2D eigenvalue weighted by atomic mass is 35.5. The number of anilines is 1. The van der Waals surface area contributed by atoms with Gasteiger partial charge in [0.25, 0.3) is 0 Å². The van der Waals surface area contributed by atoms with Gasteiger partial charge in [0.1, 0.15) is 11.6 Å². The molecule has 0 atom stereocenters. The van der Waals surface area contributed by atoms with Crippen LogP contribution in [0.4, 0.5) is 10.1 Å². The van der Waals surface area contributed by atoms with E-state index in [1.54, 1.807) is 24.3 Å². The summed E-state index contributed by atoms with van der Waals surface area (Å²) in [6.07, 6.45) is 2.54. The van der Waals surface area contributed by atoms with Gasteiger partial charge in [0.15, 0.2) is 0 Å². The molecule has 0 unspecified atom stereocenters. The van der Waals surface area contributed by atoms with Crippen molar-refractivity contribution in [3.8, 4) is 5.75 Å². The van der Waals surface area contributed by atoms with Crippen LogP contribution in [0.2, 0.25) is 5.02 Å². The van der Waals surface area contributed by atoms with E-state index < -0.39 is 23.6 Å². The summed E-state index contributed by atoms with van der Waals surface area (Å²) in [5.74, 6) is -3.28. The Morgan fingerprint density at radius 3 is 2.60 bits per heavy atom. The van der Waals surface area contributed by atoms with Gasteiger partial charge in [0.05, 0.1) is 17.5 Å². The quantitative estimate of drug-likeness (QED) is 0.212. The van der Waals surface area contributed by atoms with E-state index in [0.29, 0.717) is 5.56 Å². The number of nitrogens with one attached hydrogen (secondary N) is 2. The molecule has 2 aromatic carbocycles. The summed E-state index contributed by atoms with van der Waals surface area (Å²) in [6.45, 7) is 0. The minimum absolute atomic E-state index is 0.0209. The molecule has 2 N–H and O–H groups in total. The maximum absolute atomic E-state index is 13.1. The predicted molar refractivity (Wildman–Crippen MR) is 106 cm³/mol. The number of carbonyl (C=O) groups is 3. The van der Waals surface area contributed by atoms with Gasteiger partial charge >= 0.3 is 17.8 Å². The van der Waals surface area contributed by atoms with Crippen LogP contribution in [0, 0.1) is 5.82 Å². The average molecular weight is 430 g/mol. The zero-order chi connectivity index (χ0) is 21.5. The number of hydrogen-bond donors (Lipinski definition) is 2. The van der Waals surface area contributed by atoms with Crippen LogP contribution >= 0.6 is 11.6 Å². The molecule has 0 spiro atoms. The number of halogens is 2. The lowest BCUT2D eigenvalue weighted by Crippen LogP contribution is -2.32. The van der Waals surface area contributed by atoms with Gasteiger partial charge in [-0.15, -0.1) is 0 Å². The molecule has 3 aromatic rings. The summed E-state index contributed by atoms with van der Waals surface area (Å²) in [4.78, 5) is 35.7.